The zero-order valence-corrected chi connectivity index (χ0v) is 14.7. The Hall–Kier alpha value is -3.59. The summed E-state index contributed by atoms with van der Waals surface area (Å²) in [6, 6.07) is 9.07. The van der Waals surface area contributed by atoms with Crippen LogP contribution in [0.3, 0.4) is 0 Å². The van der Waals surface area contributed by atoms with Gasteiger partial charge < -0.3 is 4.42 Å². The van der Waals surface area contributed by atoms with Gasteiger partial charge in [-0.15, -0.1) is 6.58 Å². The van der Waals surface area contributed by atoms with Crippen molar-refractivity contribution in [2.75, 3.05) is 6.54 Å². The summed E-state index contributed by atoms with van der Waals surface area (Å²) in [5.41, 5.74) is 0.476. The Balaban J connectivity index is 1.88. The molecule has 1 aliphatic heterocycles. The molecular weight excluding hydrogens is 370 g/mol. The summed E-state index contributed by atoms with van der Waals surface area (Å²) < 4.78 is 5.64. The highest BCUT2D eigenvalue weighted by Gasteiger charge is 2.32. The summed E-state index contributed by atoms with van der Waals surface area (Å²) in [4.78, 5) is 36.0. The van der Waals surface area contributed by atoms with Crippen LogP contribution in [0.4, 0.5) is 5.69 Å². The molecule has 0 aliphatic carbocycles. The predicted molar refractivity (Wildman–Crippen MR) is 101 cm³/mol. The maximum absolute atomic E-state index is 12.5. The van der Waals surface area contributed by atoms with Crippen molar-refractivity contribution in [1.82, 2.24) is 10.2 Å². The Morgan fingerprint density at radius 1 is 1.22 bits per heavy atom. The van der Waals surface area contributed by atoms with Crippen molar-refractivity contribution in [1.29, 1.82) is 0 Å². The van der Waals surface area contributed by atoms with Crippen LogP contribution in [0.15, 0.2) is 59.0 Å². The van der Waals surface area contributed by atoms with Crippen LogP contribution < -0.4 is 5.32 Å². The number of nitro benzene ring substituents is 1. The molecule has 2 heterocycles. The van der Waals surface area contributed by atoms with E-state index in [9.17, 15) is 19.7 Å². The summed E-state index contributed by atoms with van der Waals surface area (Å²) in [5.74, 6) is -0.428. The molecule has 1 aliphatic rings. The van der Waals surface area contributed by atoms with Gasteiger partial charge in [-0.25, -0.2) is 0 Å². The number of thiocarbonyl (C=S) groups is 1. The second-order valence-corrected chi connectivity index (χ2v) is 5.91. The molecule has 2 aromatic rings. The van der Waals surface area contributed by atoms with E-state index in [1.54, 1.807) is 24.3 Å². The van der Waals surface area contributed by atoms with Gasteiger partial charge in [0.15, 0.2) is 5.11 Å². The number of nitrogens with one attached hydrogen (secondary N) is 1. The second-order valence-electron chi connectivity index (χ2n) is 5.53. The molecule has 1 aromatic heterocycles. The number of nitro groups is 1. The minimum atomic E-state index is -0.612. The van der Waals surface area contributed by atoms with Crippen molar-refractivity contribution >= 4 is 40.9 Å². The number of carbonyl (C=O) groups excluding carboxylic acids is 2. The van der Waals surface area contributed by atoms with Gasteiger partial charge in [0.1, 0.15) is 17.1 Å². The number of hydrogen-bond donors (Lipinski definition) is 1. The van der Waals surface area contributed by atoms with Crippen LogP contribution in [-0.2, 0) is 9.59 Å². The number of hydrogen-bond acceptors (Lipinski definition) is 6. The van der Waals surface area contributed by atoms with Gasteiger partial charge in [-0.2, -0.15) is 0 Å². The Kier molecular flexibility index (Phi) is 4.95. The molecule has 1 saturated heterocycles. The second kappa shape index (κ2) is 7.34. The quantitative estimate of drug-likeness (QED) is 0.212. The van der Waals surface area contributed by atoms with Crippen molar-refractivity contribution < 1.29 is 18.9 Å². The van der Waals surface area contributed by atoms with Crippen LogP contribution in [0.5, 0.6) is 0 Å². The molecule has 0 atom stereocenters. The number of carbonyl (C=O) groups is 2. The van der Waals surface area contributed by atoms with E-state index in [1.807, 2.05) is 0 Å². The fourth-order valence-electron chi connectivity index (χ4n) is 2.46. The first-order valence-corrected chi connectivity index (χ1v) is 8.16. The number of nitrogens with zero attached hydrogens (tertiary/aromatic N) is 2. The predicted octanol–water partition coefficient (Wildman–Crippen LogP) is 2.67. The van der Waals surface area contributed by atoms with Gasteiger partial charge in [-0.3, -0.25) is 29.9 Å². The summed E-state index contributed by atoms with van der Waals surface area (Å²) in [6.45, 7) is 3.73. The zero-order chi connectivity index (χ0) is 19.6. The Morgan fingerprint density at radius 2 is 1.93 bits per heavy atom. The van der Waals surface area contributed by atoms with E-state index in [0.29, 0.717) is 11.3 Å². The molecule has 1 N–H and O–H groups in total. The number of furan rings is 1. The summed E-state index contributed by atoms with van der Waals surface area (Å²) in [5, 5.41) is 13.2. The largest absolute Gasteiger partial charge is 0.457 e. The SMILES string of the molecule is C=CCN1C(=O)C(=Cc2ccc(-c3ccc([N+](=O)[O-])cc3)o2)C(=O)NC1=S. The average molecular weight is 383 g/mol. The van der Waals surface area contributed by atoms with E-state index < -0.39 is 16.7 Å². The maximum Gasteiger partial charge on any atom is 0.269 e. The highest BCUT2D eigenvalue weighted by atomic mass is 32.1. The standard InChI is InChI=1S/C18H13N3O5S/c1-2-9-20-17(23)14(16(22)19-18(20)27)10-13-7-8-15(26-13)11-3-5-12(6-4-11)21(24)25/h2-8,10H,1,9H2,(H,19,22,27). The fraction of sp³-hybridized carbons (Fsp3) is 0.0556. The number of rotatable bonds is 5. The van der Waals surface area contributed by atoms with Gasteiger partial charge in [-0.1, -0.05) is 6.08 Å². The smallest absolute Gasteiger partial charge is 0.269 e. The van der Waals surface area contributed by atoms with Crippen molar-refractivity contribution in [2.24, 2.45) is 0 Å². The molecule has 27 heavy (non-hydrogen) atoms. The lowest BCUT2D eigenvalue weighted by Gasteiger charge is -2.27. The van der Waals surface area contributed by atoms with Crippen LogP contribution in [0.1, 0.15) is 5.76 Å². The lowest BCUT2D eigenvalue weighted by atomic mass is 10.1. The molecule has 0 saturated carbocycles. The average Bonchev–Trinajstić information content (AvgIpc) is 3.11. The van der Waals surface area contributed by atoms with Gasteiger partial charge in [0, 0.05) is 24.2 Å². The third-order valence-corrected chi connectivity index (χ3v) is 4.10. The van der Waals surface area contributed by atoms with Gasteiger partial charge in [0.25, 0.3) is 17.5 Å². The van der Waals surface area contributed by atoms with E-state index in [1.165, 1.54) is 29.2 Å². The molecular formula is C18H13N3O5S. The van der Waals surface area contributed by atoms with E-state index >= 15 is 0 Å². The molecule has 8 nitrogen and oxygen atoms in total. The Morgan fingerprint density at radius 3 is 2.56 bits per heavy atom. The number of amides is 2. The van der Waals surface area contributed by atoms with E-state index in [2.05, 4.69) is 11.9 Å². The van der Waals surface area contributed by atoms with Gasteiger partial charge in [0.2, 0.25) is 0 Å². The third-order valence-electron chi connectivity index (χ3n) is 3.77. The van der Waals surface area contributed by atoms with Crippen LogP contribution in [0, 0.1) is 10.1 Å². The summed E-state index contributed by atoms with van der Waals surface area (Å²) in [7, 11) is 0. The summed E-state index contributed by atoms with van der Waals surface area (Å²) in [6.07, 6.45) is 2.82. The first kappa shape index (κ1) is 18.2. The molecule has 136 valence electrons. The third kappa shape index (κ3) is 3.67. The minimum absolute atomic E-state index is 0.0214. The molecule has 3 rings (SSSR count). The first-order chi connectivity index (χ1) is 12.9. The van der Waals surface area contributed by atoms with Crippen LogP contribution >= 0.6 is 12.2 Å². The van der Waals surface area contributed by atoms with E-state index in [0.717, 1.165) is 0 Å². The van der Waals surface area contributed by atoms with Crippen molar-refractivity contribution in [3.05, 3.63) is 70.5 Å². The zero-order valence-electron chi connectivity index (χ0n) is 13.9. The molecule has 0 radical (unpaired) electrons. The van der Waals surface area contributed by atoms with Gasteiger partial charge >= 0.3 is 0 Å². The number of benzene rings is 1. The molecule has 1 aromatic carbocycles. The van der Waals surface area contributed by atoms with Gasteiger partial charge in [0.05, 0.1) is 4.92 Å². The monoisotopic (exact) mass is 383 g/mol. The molecule has 1 fully saturated rings. The molecule has 0 unspecified atom stereocenters. The highest BCUT2D eigenvalue weighted by molar-refractivity contribution is 7.80. The van der Waals surface area contributed by atoms with Crippen LogP contribution in [-0.4, -0.2) is 33.3 Å². The van der Waals surface area contributed by atoms with Crippen molar-refractivity contribution in [3.8, 4) is 11.3 Å². The molecule has 0 spiro atoms. The van der Waals surface area contributed by atoms with Crippen LogP contribution in [0.25, 0.3) is 17.4 Å². The summed E-state index contributed by atoms with van der Waals surface area (Å²) >= 11 is 4.99. The number of non-ortho nitro benzene ring substituents is 1. The van der Waals surface area contributed by atoms with E-state index in [4.69, 9.17) is 16.6 Å². The minimum Gasteiger partial charge on any atom is -0.457 e. The van der Waals surface area contributed by atoms with Crippen molar-refractivity contribution in [3.63, 3.8) is 0 Å². The van der Waals surface area contributed by atoms with Crippen molar-refractivity contribution in [2.45, 2.75) is 0 Å². The highest BCUT2D eigenvalue weighted by Crippen LogP contribution is 2.26. The first-order valence-electron chi connectivity index (χ1n) is 7.75. The normalized spacial score (nSPS) is 15.8. The Labute approximate surface area is 158 Å². The fourth-order valence-corrected chi connectivity index (χ4v) is 2.71. The Bertz CT molecular complexity index is 991. The molecule has 9 heteroatoms. The van der Waals surface area contributed by atoms with Crippen LogP contribution in [0.2, 0.25) is 0 Å². The lowest BCUT2D eigenvalue weighted by Crippen LogP contribution is -2.53. The van der Waals surface area contributed by atoms with Gasteiger partial charge in [-0.05, 0) is 42.6 Å². The van der Waals surface area contributed by atoms with E-state index in [-0.39, 0.29) is 28.7 Å². The molecule has 2 amide bonds. The lowest BCUT2D eigenvalue weighted by molar-refractivity contribution is -0.384. The topological polar surface area (TPSA) is 106 Å². The maximum atomic E-state index is 12.5. The molecule has 0 bridgehead atoms.